The first-order chi connectivity index (χ1) is 14.2. The molecule has 0 aromatic carbocycles. The van der Waals surface area contributed by atoms with Gasteiger partial charge in [0, 0.05) is 45.0 Å². The summed E-state index contributed by atoms with van der Waals surface area (Å²) in [7, 11) is 1.78. The monoisotopic (exact) mass is 401 g/mol. The summed E-state index contributed by atoms with van der Waals surface area (Å²) in [5.41, 5.74) is 1.04. The zero-order valence-corrected chi connectivity index (χ0v) is 18.1. The summed E-state index contributed by atoms with van der Waals surface area (Å²) in [5, 5.41) is 19.7. The van der Waals surface area contributed by atoms with E-state index in [1.54, 1.807) is 7.05 Å². The van der Waals surface area contributed by atoms with Crippen molar-refractivity contribution in [3.63, 3.8) is 0 Å². The minimum absolute atomic E-state index is 0.470. The molecular formula is C21H35N7O. The average Bonchev–Trinajstić information content (AvgIpc) is 3.29. The topological polar surface area (TPSA) is 93.2 Å². The number of fused-ring (bicyclic) bond motifs is 1. The van der Waals surface area contributed by atoms with Crippen molar-refractivity contribution in [1.29, 1.82) is 0 Å². The standard InChI is InChI=1S/C21H35N7O/c1-4-16(5-2)18-14-17(29-27-18)15-24-21(22-3)23-12-9-11-20-26-25-19-10-7-6-8-13-28(19)20/h14,16H,4-13,15H2,1-3H3,(H2,22,23,24). The van der Waals surface area contributed by atoms with E-state index < -0.39 is 0 Å². The number of hydrogen-bond acceptors (Lipinski definition) is 5. The van der Waals surface area contributed by atoms with Crippen LogP contribution in [0.2, 0.25) is 0 Å². The number of aliphatic imine (C=N–C) groups is 1. The molecule has 0 aliphatic carbocycles. The molecule has 0 atom stereocenters. The maximum atomic E-state index is 5.47. The molecule has 8 heteroatoms. The largest absolute Gasteiger partial charge is 0.359 e. The van der Waals surface area contributed by atoms with Gasteiger partial charge in [-0.3, -0.25) is 4.99 Å². The highest BCUT2D eigenvalue weighted by atomic mass is 16.5. The van der Waals surface area contributed by atoms with Crippen LogP contribution in [0.4, 0.5) is 0 Å². The summed E-state index contributed by atoms with van der Waals surface area (Å²) < 4.78 is 7.79. The third kappa shape index (κ3) is 5.81. The van der Waals surface area contributed by atoms with Gasteiger partial charge in [0.25, 0.3) is 0 Å². The Balaban J connectivity index is 1.40. The Hall–Kier alpha value is -2.38. The number of hydrogen-bond donors (Lipinski definition) is 2. The molecule has 0 amide bonds. The van der Waals surface area contributed by atoms with E-state index >= 15 is 0 Å². The highest BCUT2D eigenvalue weighted by Crippen LogP contribution is 2.22. The fourth-order valence-corrected chi connectivity index (χ4v) is 3.89. The SMILES string of the molecule is CCC(CC)c1cc(CNC(=NC)NCCCc2nnc3n2CCCCC3)on1. The molecule has 1 aliphatic heterocycles. The van der Waals surface area contributed by atoms with Crippen molar-refractivity contribution in [2.75, 3.05) is 13.6 Å². The summed E-state index contributed by atoms with van der Waals surface area (Å²) in [4.78, 5) is 4.29. The van der Waals surface area contributed by atoms with Gasteiger partial charge in [-0.2, -0.15) is 0 Å². The summed E-state index contributed by atoms with van der Waals surface area (Å²) in [6.07, 6.45) is 8.87. The number of nitrogens with one attached hydrogen (secondary N) is 2. The van der Waals surface area contributed by atoms with Crippen molar-refractivity contribution in [3.05, 3.63) is 29.2 Å². The summed E-state index contributed by atoms with van der Waals surface area (Å²) in [5.74, 6) is 4.34. The van der Waals surface area contributed by atoms with Crippen LogP contribution in [0.15, 0.2) is 15.6 Å². The van der Waals surface area contributed by atoms with Crippen LogP contribution < -0.4 is 10.6 Å². The van der Waals surface area contributed by atoms with E-state index in [2.05, 4.69) is 55.5 Å². The molecule has 29 heavy (non-hydrogen) atoms. The molecule has 0 unspecified atom stereocenters. The van der Waals surface area contributed by atoms with E-state index in [4.69, 9.17) is 4.52 Å². The van der Waals surface area contributed by atoms with E-state index in [-0.39, 0.29) is 0 Å². The van der Waals surface area contributed by atoms with Crippen molar-refractivity contribution in [3.8, 4) is 0 Å². The van der Waals surface area contributed by atoms with Gasteiger partial charge < -0.3 is 19.7 Å². The fourth-order valence-electron chi connectivity index (χ4n) is 3.89. The normalized spacial score (nSPS) is 14.7. The average molecular weight is 402 g/mol. The number of rotatable bonds is 9. The quantitative estimate of drug-likeness (QED) is 0.381. The molecule has 8 nitrogen and oxygen atoms in total. The molecule has 3 rings (SSSR count). The van der Waals surface area contributed by atoms with Crippen molar-refractivity contribution >= 4 is 5.96 Å². The zero-order chi connectivity index (χ0) is 20.5. The van der Waals surface area contributed by atoms with Gasteiger partial charge in [0.1, 0.15) is 11.6 Å². The number of aryl methyl sites for hydroxylation is 2. The molecule has 0 saturated carbocycles. The first-order valence-electron chi connectivity index (χ1n) is 11.1. The van der Waals surface area contributed by atoms with E-state index in [1.165, 1.54) is 19.3 Å². The van der Waals surface area contributed by atoms with Gasteiger partial charge in [-0.15, -0.1) is 10.2 Å². The Morgan fingerprint density at radius 3 is 2.86 bits per heavy atom. The van der Waals surface area contributed by atoms with Gasteiger partial charge in [0.05, 0.1) is 12.2 Å². The van der Waals surface area contributed by atoms with Gasteiger partial charge in [-0.25, -0.2) is 0 Å². The molecule has 0 fully saturated rings. The molecule has 2 aromatic rings. The van der Waals surface area contributed by atoms with Crippen LogP contribution >= 0.6 is 0 Å². The third-order valence-corrected chi connectivity index (χ3v) is 5.69. The minimum atomic E-state index is 0.470. The van der Waals surface area contributed by atoms with Crippen molar-refractivity contribution in [2.24, 2.45) is 4.99 Å². The first-order valence-corrected chi connectivity index (χ1v) is 11.1. The highest BCUT2D eigenvalue weighted by Gasteiger charge is 2.15. The van der Waals surface area contributed by atoms with E-state index in [0.717, 1.165) is 74.3 Å². The predicted molar refractivity (Wildman–Crippen MR) is 114 cm³/mol. The Bertz CT molecular complexity index is 776. The lowest BCUT2D eigenvalue weighted by Crippen LogP contribution is -2.37. The second-order valence-electron chi connectivity index (χ2n) is 7.68. The molecule has 0 bridgehead atoms. The van der Waals surface area contributed by atoms with Crippen molar-refractivity contribution in [1.82, 2.24) is 30.6 Å². The second kappa shape index (κ2) is 11.0. The van der Waals surface area contributed by atoms with Crippen LogP contribution in [0.3, 0.4) is 0 Å². The first kappa shape index (κ1) is 21.3. The van der Waals surface area contributed by atoms with Crippen LogP contribution in [-0.2, 0) is 25.9 Å². The lowest BCUT2D eigenvalue weighted by atomic mass is 9.99. The van der Waals surface area contributed by atoms with Gasteiger partial charge in [-0.05, 0) is 32.1 Å². The summed E-state index contributed by atoms with van der Waals surface area (Å²) in [6.45, 7) is 6.83. The van der Waals surface area contributed by atoms with Crippen LogP contribution in [0.5, 0.6) is 0 Å². The van der Waals surface area contributed by atoms with E-state index in [1.807, 2.05) is 0 Å². The molecule has 2 N–H and O–H groups in total. The Labute approximate surface area is 173 Å². The Morgan fingerprint density at radius 2 is 2.07 bits per heavy atom. The van der Waals surface area contributed by atoms with Crippen LogP contribution in [0, 0.1) is 0 Å². The zero-order valence-electron chi connectivity index (χ0n) is 18.1. The molecule has 160 valence electrons. The smallest absolute Gasteiger partial charge is 0.191 e. The molecule has 0 saturated heterocycles. The lowest BCUT2D eigenvalue weighted by Gasteiger charge is -2.11. The molecule has 3 heterocycles. The number of guanidine groups is 1. The Kier molecular flexibility index (Phi) is 8.07. The van der Waals surface area contributed by atoms with Crippen LogP contribution in [0.25, 0.3) is 0 Å². The van der Waals surface area contributed by atoms with Gasteiger partial charge >= 0.3 is 0 Å². The number of nitrogens with zero attached hydrogens (tertiary/aromatic N) is 5. The van der Waals surface area contributed by atoms with Gasteiger partial charge in [-0.1, -0.05) is 25.4 Å². The molecule has 2 aromatic heterocycles. The fraction of sp³-hybridized carbons (Fsp3) is 0.714. The minimum Gasteiger partial charge on any atom is -0.359 e. The summed E-state index contributed by atoms with van der Waals surface area (Å²) >= 11 is 0. The van der Waals surface area contributed by atoms with Crippen molar-refractivity contribution in [2.45, 2.75) is 84.2 Å². The number of aromatic nitrogens is 4. The molecule has 1 aliphatic rings. The predicted octanol–water partition coefficient (Wildman–Crippen LogP) is 3.19. The third-order valence-electron chi connectivity index (χ3n) is 5.69. The molecular weight excluding hydrogens is 366 g/mol. The molecule has 0 spiro atoms. The van der Waals surface area contributed by atoms with Gasteiger partial charge in [0.15, 0.2) is 11.7 Å². The molecule has 0 radical (unpaired) electrons. The maximum absolute atomic E-state index is 5.47. The van der Waals surface area contributed by atoms with Gasteiger partial charge in [0.2, 0.25) is 0 Å². The Morgan fingerprint density at radius 1 is 1.21 bits per heavy atom. The van der Waals surface area contributed by atoms with Crippen molar-refractivity contribution < 1.29 is 4.52 Å². The second-order valence-corrected chi connectivity index (χ2v) is 7.68. The maximum Gasteiger partial charge on any atom is 0.191 e. The van der Waals surface area contributed by atoms with E-state index in [0.29, 0.717) is 12.5 Å². The lowest BCUT2D eigenvalue weighted by molar-refractivity contribution is 0.368. The van der Waals surface area contributed by atoms with E-state index in [9.17, 15) is 0 Å². The van der Waals surface area contributed by atoms with Crippen LogP contribution in [0.1, 0.15) is 81.4 Å². The highest BCUT2D eigenvalue weighted by molar-refractivity contribution is 5.79. The van der Waals surface area contributed by atoms with Crippen LogP contribution in [-0.4, -0.2) is 39.5 Å². The summed E-state index contributed by atoms with van der Waals surface area (Å²) in [6, 6.07) is 2.05.